The van der Waals surface area contributed by atoms with E-state index in [2.05, 4.69) is 15.3 Å². The Balaban J connectivity index is 1.68. The molecule has 1 aromatic carbocycles. The van der Waals surface area contributed by atoms with Crippen LogP contribution in [0.15, 0.2) is 30.5 Å². The van der Waals surface area contributed by atoms with Gasteiger partial charge in [0.15, 0.2) is 5.69 Å². The summed E-state index contributed by atoms with van der Waals surface area (Å²) < 4.78 is 46.8. The normalized spacial score (nSPS) is 15.3. The average Bonchev–Trinajstić information content (AvgIpc) is 3.27. The van der Waals surface area contributed by atoms with E-state index < -0.39 is 24.6 Å². The summed E-state index contributed by atoms with van der Waals surface area (Å²) in [6, 6.07) is 6.33. The van der Waals surface area contributed by atoms with Gasteiger partial charge in [-0.05, 0) is 37.6 Å². The van der Waals surface area contributed by atoms with Crippen LogP contribution in [0.2, 0.25) is 5.15 Å². The van der Waals surface area contributed by atoms with Gasteiger partial charge in [0, 0.05) is 30.2 Å². The molecule has 200 valence electrons. The van der Waals surface area contributed by atoms with Crippen LogP contribution in [0.3, 0.4) is 0 Å². The molecule has 38 heavy (non-hydrogen) atoms. The van der Waals surface area contributed by atoms with Crippen molar-refractivity contribution in [2.45, 2.75) is 32.5 Å². The van der Waals surface area contributed by atoms with E-state index in [0.29, 0.717) is 48.8 Å². The Morgan fingerprint density at radius 3 is 2.63 bits per heavy atom. The second-order valence-electron chi connectivity index (χ2n) is 9.18. The molecule has 4 heterocycles. The summed E-state index contributed by atoms with van der Waals surface area (Å²) in [6.07, 6.45) is -4.17. The second-order valence-corrected chi connectivity index (χ2v) is 9.57. The largest absolute Gasteiger partial charge is 0.476 e. The number of pyridine rings is 1. The number of benzene rings is 1. The van der Waals surface area contributed by atoms with Gasteiger partial charge in [0.05, 0.1) is 42.6 Å². The Kier molecular flexibility index (Phi) is 6.78. The van der Waals surface area contributed by atoms with Crippen molar-refractivity contribution < 1.29 is 27.8 Å². The minimum atomic E-state index is -4.41. The fraction of sp³-hybridized carbons (Fsp3) is 0.360. The summed E-state index contributed by atoms with van der Waals surface area (Å²) >= 11 is 5.90. The maximum Gasteiger partial charge on any atom is 0.394 e. The molecular formula is C25H24ClF3N6O3. The van der Waals surface area contributed by atoms with E-state index in [-0.39, 0.29) is 22.2 Å². The van der Waals surface area contributed by atoms with Crippen LogP contribution >= 0.6 is 11.6 Å². The number of aryl methyl sites for hydroxylation is 1. The van der Waals surface area contributed by atoms with Gasteiger partial charge in [-0.25, -0.2) is 19.7 Å². The number of hydrogen-bond acceptors (Lipinski definition) is 7. The number of morpholine rings is 1. The number of hydrogen-bond donors (Lipinski definition) is 2. The molecule has 0 saturated carbocycles. The number of nitrogens with one attached hydrogen (secondary N) is 1. The zero-order valence-corrected chi connectivity index (χ0v) is 21.3. The summed E-state index contributed by atoms with van der Waals surface area (Å²) in [5, 5.41) is 13.4. The van der Waals surface area contributed by atoms with Crippen molar-refractivity contribution in [1.29, 1.82) is 0 Å². The lowest BCUT2D eigenvalue weighted by atomic mass is 10.0. The summed E-state index contributed by atoms with van der Waals surface area (Å²) in [5.41, 5.74) is 2.43. The van der Waals surface area contributed by atoms with Crippen molar-refractivity contribution in [2.24, 2.45) is 0 Å². The van der Waals surface area contributed by atoms with E-state index in [9.17, 15) is 23.1 Å². The topological polar surface area (TPSA) is 105 Å². The van der Waals surface area contributed by atoms with Gasteiger partial charge in [-0.15, -0.1) is 0 Å². The van der Waals surface area contributed by atoms with E-state index >= 15 is 0 Å². The third-order valence-electron chi connectivity index (χ3n) is 6.29. The molecule has 5 rings (SSSR count). The summed E-state index contributed by atoms with van der Waals surface area (Å²) in [6.45, 7) is 5.68. The lowest BCUT2D eigenvalue weighted by molar-refractivity contribution is -0.127. The molecule has 1 fully saturated rings. The second kappa shape index (κ2) is 9.91. The van der Waals surface area contributed by atoms with Crippen molar-refractivity contribution in [3.05, 3.63) is 58.1 Å². The maximum atomic E-state index is 13.2. The molecule has 0 radical (unpaired) electrons. The predicted octanol–water partition coefficient (Wildman–Crippen LogP) is 5.05. The first-order valence-electron chi connectivity index (χ1n) is 11.9. The van der Waals surface area contributed by atoms with Crippen molar-refractivity contribution in [2.75, 3.05) is 36.5 Å². The number of halogens is 4. The summed E-state index contributed by atoms with van der Waals surface area (Å²) in [7, 11) is 0. The van der Waals surface area contributed by atoms with E-state index in [1.165, 1.54) is 18.3 Å². The number of imidazole rings is 1. The van der Waals surface area contributed by atoms with E-state index in [0.717, 1.165) is 11.1 Å². The number of rotatable bonds is 6. The quantitative estimate of drug-likeness (QED) is 0.322. The highest BCUT2D eigenvalue weighted by Gasteiger charge is 2.30. The lowest BCUT2D eigenvalue weighted by Gasteiger charge is -2.29. The number of aromatic carboxylic acids is 1. The number of carbonyl (C=O) groups is 1. The predicted molar refractivity (Wildman–Crippen MR) is 136 cm³/mol. The van der Waals surface area contributed by atoms with Crippen LogP contribution in [0.1, 0.15) is 40.3 Å². The first-order valence-corrected chi connectivity index (χ1v) is 12.3. The van der Waals surface area contributed by atoms with Gasteiger partial charge in [0.2, 0.25) is 5.95 Å². The Labute approximate surface area is 220 Å². The smallest absolute Gasteiger partial charge is 0.394 e. The molecule has 13 heteroatoms. The third kappa shape index (κ3) is 5.18. The molecule has 1 aliphatic heterocycles. The Morgan fingerprint density at radius 2 is 1.95 bits per heavy atom. The molecule has 0 aliphatic carbocycles. The summed E-state index contributed by atoms with van der Waals surface area (Å²) in [4.78, 5) is 26.9. The Morgan fingerprint density at radius 1 is 1.21 bits per heavy atom. The molecule has 0 spiro atoms. The van der Waals surface area contributed by atoms with Gasteiger partial charge in [-0.3, -0.25) is 4.40 Å². The zero-order valence-electron chi connectivity index (χ0n) is 20.5. The number of carboxylic acid groups (broad SMARTS) is 1. The SMILES string of the molecule is Cc1cc(C(C)Nc2ccc(Cl)nc2C(=O)O)c2nc(N3CCOCC3)n3cc(CC(F)(F)F)nc3c2c1. The number of carboxylic acids is 1. The zero-order chi connectivity index (χ0) is 27.2. The highest BCUT2D eigenvalue weighted by atomic mass is 35.5. The van der Waals surface area contributed by atoms with Crippen molar-refractivity contribution >= 4 is 45.8 Å². The standard InChI is InChI=1S/C25H24ClF3N6O3/c1-13-9-16(14(2)30-18-3-4-19(26)32-21(18)23(36)37)20-17(10-13)22-31-15(11-25(27,28)29)12-35(22)24(33-20)34-5-7-38-8-6-34/h3-4,9-10,12,14,30H,5-8,11H2,1-2H3,(H,36,37). The van der Waals surface area contributed by atoms with Crippen LogP contribution in [-0.2, 0) is 11.2 Å². The van der Waals surface area contributed by atoms with Gasteiger partial charge in [0.25, 0.3) is 0 Å². The molecule has 1 unspecified atom stereocenters. The van der Waals surface area contributed by atoms with Crippen LogP contribution in [0.5, 0.6) is 0 Å². The van der Waals surface area contributed by atoms with Gasteiger partial charge in [-0.1, -0.05) is 17.7 Å². The molecule has 3 aromatic heterocycles. The van der Waals surface area contributed by atoms with E-state index in [1.54, 1.807) is 4.40 Å². The number of alkyl halides is 3. The molecule has 4 aromatic rings. The van der Waals surface area contributed by atoms with Crippen LogP contribution in [0, 0.1) is 6.92 Å². The van der Waals surface area contributed by atoms with Gasteiger partial charge < -0.3 is 20.1 Å². The summed E-state index contributed by atoms with van der Waals surface area (Å²) in [5.74, 6) is -0.770. The van der Waals surface area contributed by atoms with Crippen molar-refractivity contribution in [1.82, 2.24) is 19.4 Å². The number of aromatic nitrogens is 4. The van der Waals surface area contributed by atoms with Crippen LogP contribution < -0.4 is 10.2 Å². The average molecular weight is 549 g/mol. The Hall–Kier alpha value is -3.64. The first kappa shape index (κ1) is 26.0. The lowest BCUT2D eigenvalue weighted by Crippen LogP contribution is -2.38. The maximum absolute atomic E-state index is 13.2. The highest BCUT2D eigenvalue weighted by Crippen LogP contribution is 2.33. The molecule has 1 atom stereocenters. The number of nitrogens with zero attached hydrogens (tertiary/aromatic N) is 5. The van der Waals surface area contributed by atoms with Gasteiger partial charge in [0.1, 0.15) is 10.8 Å². The number of fused-ring (bicyclic) bond motifs is 3. The van der Waals surface area contributed by atoms with Crippen molar-refractivity contribution in [3.8, 4) is 0 Å². The van der Waals surface area contributed by atoms with E-state index in [1.807, 2.05) is 30.9 Å². The molecule has 0 amide bonds. The molecule has 1 aliphatic rings. The van der Waals surface area contributed by atoms with Crippen LogP contribution in [0.25, 0.3) is 16.6 Å². The fourth-order valence-electron chi connectivity index (χ4n) is 4.66. The fourth-order valence-corrected chi connectivity index (χ4v) is 4.81. The minimum Gasteiger partial charge on any atom is -0.476 e. The van der Waals surface area contributed by atoms with Crippen molar-refractivity contribution in [3.63, 3.8) is 0 Å². The van der Waals surface area contributed by atoms with Gasteiger partial charge in [-0.2, -0.15) is 13.2 Å². The molecular weight excluding hydrogens is 525 g/mol. The number of anilines is 2. The molecule has 9 nitrogen and oxygen atoms in total. The molecule has 2 N–H and O–H groups in total. The van der Waals surface area contributed by atoms with Gasteiger partial charge >= 0.3 is 12.1 Å². The molecule has 0 bridgehead atoms. The number of ether oxygens (including phenoxy) is 1. The third-order valence-corrected chi connectivity index (χ3v) is 6.50. The molecule has 1 saturated heterocycles. The van der Waals surface area contributed by atoms with Crippen LogP contribution in [0.4, 0.5) is 24.8 Å². The van der Waals surface area contributed by atoms with Crippen LogP contribution in [-0.4, -0.2) is 62.9 Å². The monoisotopic (exact) mass is 548 g/mol. The highest BCUT2D eigenvalue weighted by molar-refractivity contribution is 6.29. The minimum absolute atomic E-state index is 0.0507. The Bertz CT molecular complexity index is 1530. The van der Waals surface area contributed by atoms with E-state index in [4.69, 9.17) is 21.3 Å². The first-order chi connectivity index (χ1) is 18.0.